The number of carbonyl (C=O) groups excluding carboxylic acids is 1. The molecule has 0 aromatic carbocycles. The first-order valence-corrected chi connectivity index (χ1v) is 20.2. The summed E-state index contributed by atoms with van der Waals surface area (Å²) in [5, 5.41) is 40.7. The molecule has 0 aromatic rings. The van der Waals surface area contributed by atoms with Gasteiger partial charge in [0, 0.05) is 12.3 Å². The van der Waals surface area contributed by atoms with Crippen LogP contribution in [0.3, 0.4) is 0 Å². The van der Waals surface area contributed by atoms with Gasteiger partial charge in [0.2, 0.25) is 0 Å². The number of ether oxygens (including phenoxy) is 1. The lowest BCUT2D eigenvalue weighted by molar-refractivity contribution is -0.256. The zero-order valence-corrected chi connectivity index (χ0v) is 30.2. The number of hydrogen-bond acceptors (Lipinski definition) is 7. The Hall–Kier alpha value is -0.380. The van der Waals surface area contributed by atoms with Crippen molar-refractivity contribution >= 4 is 17.0 Å². The fourth-order valence-corrected chi connectivity index (χ4v) is 7.21. The molecule has 4 N–H and O–H groups in total. The lowest BCUT2D eigenvalue weighted by Gasteiger charge is -2.44. The maximum atomic E-state index is 13.3. The van der Waals surface area contributed by atoms with Crippen molar-refractivity contribution < 1.29 is 30.0 Å². The summed E-state index contributed by atoms with van der Waals surface area (Å²) in [6.45, 7) is 4.44. The molecule has 1 unspecified atom stereocenters. The molecule has 1 amide bonds. The Kier molecular flexibility index (Phi) is 28.2. The summed E-state index contributed by atoms with van der Waals surface area (Å²) in [4.78, 5) is 14.8. The predicted octanol–water partition coefficient (Wildman–Crippen LogP) is 9.12. The van der Waals surface area contributed by atoms with Gasteiger partial charge < -0.3 is 30.1 Å². The van der Waals surface area contributed by atoms with Crippen LogP contribution in [-0.2, 0) is 4.74 Å². The topological polar surface area (TPSA) is 110 Å². The van der Waals surface area contributed by atoms with Crippen LogP contribution >= 0.6 is 11.8 Å². The smallest absolute Gasteiger partial charge is 0.283 e. The van der Waals surface area contributed by atoms with E-state index in [1.807, 2.05) is 0 Å². The molecular formula is C37H73NO6S. The molecule has 0 radical (unpaired) electrons. The van der Waals surface area contributed by atoms with Crippen molar-refractivity contribution in [2.24, 2.45) is 0 Å². The first-order valence-electron chi connectivity index (χ1n) is 19.2. The van der Waals surface area contributed by atoms with Crippen molar-refractivity contribution in [1.82, 2.24) is 4.90 Å². The minimum Gasteiger partial charge on any atom is -0.394 e. The van der Waals surface area contributed by atoms with Crippen LogP contribution in [0.5, 0.6) is 0 Å². The monoisotopic (exact) mass is 660 g/mol. The number of thioether (sulfide) groups is 1. The highest BCUT2D eigenvalue weighted by Crippen LogP contribution is 2.27. The summed E-state index contributed by atoms with van der Waals surface area (Å²) in [6.07, 6.45) is 26.4. The second-order valence-corrected chi connectivity index (χ2v) is 14.6. The van der Waals surface area contributed by atoms with Gasteiger partial charge in [0.25, 0.3) is 5.24 Å². The molecule has 7 nitrogen and oxygen atoms in total. The zero-order valence-electron chi connectivity index (χ0n) is 29.4. The molecule has 1 saturated heterocycles. The van der Waals surface area contributed by atoms with Crippen molar-refractivity contribution in [2.45, 2.75) is 211 Å². The van der Waals surface area contributed by atoms with Gasteiger partial charge in [0.15, 0.2) is 6.23 Å². The van der Waals surface area contributed by atoms with Crippen LogP contribution in [0.2, 0.25) is 0 Å². The van der Waals surface area contributed by atoms with E-state index in [1.165, 1.54) is 151 Å². The van der Waals surface area contributed by atoms with Crippen LogP contribution in [0, 0.1) is 0 Å². The summed E-state index contributed by atoms with van der Waals surface area (Å²) in [5.74, 6) is 0.712. The summed E-state index contributed by atoms with van der Waals surface area (Å²) < 4.78 is 5.77. The summed E-state index contributed by atoms with van der Waals surface area (Å²) >= 11 is 1.25. The summed E-state index contributed by atoms with van der Waals surface area (Å²) in [5.41, 5.74) is 0. The maximum Gasteiger partial charge on any atom is 0.283 e. The summed E-state index contributed by atoms with van der Waals surface area (Å²) in [7, 11) is 0. The molecular weight excluding hydrogens is 586 g/mol. The van der Waals surface area contributed by atoms with Crippen LogP contribution in [0.1, 0.15) is 181 Å². The standard InChI is InChI=1S/C37H73NO6S/c1-3-5-7-9-11-13-15-16-17-18-19-20-22-24-26-28-30-45-37(43)38(29-27-25-23-21-14-12-10-8-6-4-2)36-35(42)34(41)33(40)32(31-39)44-36/h32-36,39-42H,3-31H2,1-2H3/t32-,33-,34+,35-,36?/m1/s1. The fraction of sp³-hybridized carbons (Fsp3) is 0.973. The lowest BCUT2D eigenvalue weighted by Crippen LogP contribution is -2.63. The Morgan fingerprint density at radius 2 is 0.933 bits per heavy atom. The normalized spacial score (nSPS) is 21.8. The van der Waals surface area contributed by atoms with E-state index in [2.05, 4.69) is 13.8 Å². The zero-order chi connectivity index (χ0) is 33.0. The third kappa shape index (κ3) is 20.6. The van der Waals surface area contributed by atoms with Crippen molar-refractivity contribution in [2.75, 3.05) is 18.9 Å². The minimum absolute atomic E-state index is 0.170. The third-order valence-electron chi connectivity index (χ3n) is 9.38. The van der Waals surface area contributed by atoms with Crippen LogP contribution in [0.4, 0.5) is 4.79 Å². The van der Waals surface area contributed by atoms with Crippen molar-refractivity contribution in [3.05, 3.63) is 0 Å². The van der Waals surface area contributed by atoms with Gasteiger partial charge in [-0.25, -0.2) is 0 Å². The second-order valence-electron chi connectivity index (χ2n) is 13.5. The van der Waals surface area contributed by atoms with Crippen LogP contribution in [0.15, 0.2) is 0 Å². The molecule has 0 aliphatic carbocycles. The van der Waals surface area contributed by atoms with E-state index in [4.69, 9.17) is 4.74 Å². The third-order valence-corrected chi connectivity index (χ3v) is 10.4. The van der Waals surface area contributed by atoms with Gasteiger partial charge in [-0.1, -0.05) is 180 Å². The number of aliphatic hydroxyl groups is 4. The molecule has 1 aliphatic rings. The quantitative estimate of drug-likeness (QED) is 0.0569. The summed E-state index contributed by atoms with van der Waals surface area (Å²) in [6, 6.07) is 0. The Labute approximate surface area is 281 Å². The van der Waals surface area contributed by atoms with Crippen molar-refractivity contribution in [3.63, 3.8) is 0 Å². The number of rotatable bonds is 30. The first kappa shape index (κ1) is 42.6. The molecule has 45 heavy (non-hydrogen) atoms. The number of hydrogen-bond donors (Lipinski definition) is 4. The van der Waals surface area contributed by atoms with Crippen molar-refractivity contribution in [3.8, 4) is 0 Å². The fourth-order valence-electron chi connectivity index (χ4n) is 6.32. The molecule has 0 bridgehead atoms. The maximum absolute atomic E-state index is 13.3. The predicted molar refractivity (Wildman–Crippen MR) is 190 cm³/mol. The van der Waals surface area contributed by atoms with Gasteiger partial charge in [-0.3, -0.25) is 4.79 Å². The van der Waals surface area contributed by atoms with Gasteiger partial charge in [0.1, 0.15) is 24.4 Å². The molecule has 0 saturated carbocycles. The van der Waals surface area contributed by atoms with E-state index in [0.717, 1.165) is 32.1 Å². The number of amides is 1. The molecule has 268 valence electrons. The highest BCUT2D eigenvalue weighted by Gasteiger charge is 2.46. The molecule has 1 heterocycles. The Morgan fingerprint density at radius 1 is 0.556 bits per heavy atom. The molecule has 1 rings (SSSR count). The second kappa shape index (κ2) is 29.7. The average Bonchev–Trinajstić information content (AvgIpc) is 3.04. The largest absolute Gasteiger partial charge is 0.394 e. The molecule has 0 spiro atoms. The van der Waals surface area contributed by atoms with Gasteiger partial charge >= 0.3 is 0 Å². The van der Waals surface area contributed by atoms with Gasteiger partial charge in [-0.15, -0.1) is 0 Å². The van der Waals surface area contributed by atoms with E-state index >= 15 is 0 Å². The van der Waals surface area contributed by atoms with Crippen LogP contribution in [0.25, 0.3) is 0 Å². The number of nitrogens with zero attached hydrogens (tertiary/aromatic N) is 1. The minimum atomic E-state index is -1.48. The number of aliphatic hydroxyl groups excluding tert-OH is 4. The van der Waals surface area contributed by atoms with E-state index in [-0.39, 0.29) is 5.24 Å². The Balaban J connectivity index is 2.28. The molecule has 1 aliphatic heterocycles. The van der Waals surface area contributed by atoms with E-state index in [1.54, 1.807) is 0 Å². The SMILES string of the molecule is CCCCCCCCCCCCCCCCCCSC(=O)N(CCCCCCCCCCCC)C1O[C@H](CO)[C@@H](O)[C@H](O)[C@H]1O. The lowest BCUT2D eigenvalue weighted by atomic mass is 9.97. The Morgan fingerprint density at radius 3 is 1.33 bits per heavy atom. The first-order chi connectivity index (χ1) is 22.0. The van der Waals surface area contributed by atoms with Crippen LogP contribution in [-0.4, -0.2) is 80.1 Å². The molecule has 5 atom stereocenters. The molecule has 1 fully saturated rings. The Bertz CT molecular complexity index is 669. The van der Waals surface area contributed by atoms with E-state index < -0.39 is 37.3 Å². The van der Waals surface area contributed by atoms with E-state index in [0.29, 0.717) is 12.3 Å². The number of carbonyl (C=O) groups is 1. The van der Waals surface area contributed by atoms with Gasteiger partial charge in [-0.2, -0.15) is 0 Å². The van der Waals surface area contributed by atoms with E-state index in [9.17, 15) is 25.2 Å². The van der Waals surface area contributed by atoms with Gasteiger partial charge in [-0.05, 0) is 12.8 Å². The van der Waals surface area contributed by atoms with Gasteiger partial charge in [0.05, 0.1) is 6.61 Å². The highest BCUT2D eigenvalue weighted by molar-refractivity contribution is 8.13. The average molecular weight is 660 g/mol. The van der Waals surface area contributed by atoms with Crippen LogP contribution < -0.4 is 0 Å². The van der Waals surface area contributed by atoms with Crippen molar-refractivity contribution in [1.29, 1.82) is 0 Å². The molecule has 0 aromatic heterocycles. The molecule has 8 heteroatoms. The number of unbranched alkanes of at least 4 members (excludes halogenated alkanes) is 24. The highest BCUT2D eigenvalue weighted by atomic mass is 32.2.